The molecule has 1 aromatic carbocycles. The van der Waals surface area contributed by atoms with Gasteiger partial charge in [-0.2, -0.15) is 0 Å². The Balaban J connectivity index is 2.47. The molecule has 0 aliphatic carbocycles. The second-order valence-electron chi connectivity index (χ2n) is 3.54. The third-order valence-corrected chi connectivity index (χ3v) is 2.28. The maximum Gasteiger partial charge on any atom is 0.160 e. The van der Waals surface area contributed by atoms with E-state index in [1.54, 1.807) is 13.2 Å². The number of unbranched alkanes of at least 4 members (excludes halogenated alkanes) is 1. The van der Waals surface area contributed by atoms with Crippen molar-refractivity contribution in [2.45, 2.75) is 26.3 Å². The fraction of sp³-hybridized carbons (Fsp3) is 0.500. The molecule has 2 N–H and O–H groups in total. The van der Waals surface area contributed by atoms with Crippen molar-refractivity contribution in [2.75, 3.05) is 13.7 Å². The number of rotatable bonds is 6. The number of phenols is 1. The predicted octanol–water partition coefficient (Wildman–Crippen LogP) is 2.29. The van der Waals surface area contributed by atoms with Gasteiger partial charge in [0.25, 0.3) is 0 Å². The van der Waals surface area contributed by atoms with Crippen LogP contribution in [0.4, 0.5) is 0 Å². The molecule has 1 aromatic rings. The highest BCUT2D eigenvalue weighted by atomic mass is 16.5. The molecule has 84 valence electrons. The van der Waals surface area contributed by atoms with Crippen molar-refractivity contribution >= 4 is 0 Å². The molecule has 0 atom stereocenters. The summed E-state index contributed by atoms with van der Waals surface area (Å²) < 4.78 is 5.04. The lowest BCUT2D eigenvalue weighted by Gasteiger charge is -2.07. The first kappa shape index (κ1) is 11.9. The maximum absolute atomic E-state index is 9.40. The third kappa shape index (κ3) is 3.80. The van der Waals surface area contributed by atoms with Crippen LogP contribution in [-0.4, -0.2) is 18.8 Å². The molecule has 0 aliphatic heterocycles. The van der Waals surface area contributed by atoms with Gasteiger partial charge in [0.1, 0.15) is 0 Å². The molecular weight excluding hydrogens is 190 g/mol. The Hall–Kier alpha value is -1.22. The van der Waals surface area contributed by atoms with Crippen LogP contribution < -0.4 is 10.1 Å². The minimum absolute atomic E-state index is 0.190. The van der Waals surface area contributed by atoms with Gasteiger partial charge in [0.05, 0.1) is 7.11 Å². The van der Waals surface area contributed by atoms with E-state index in [9.17, 15) is 5.11 Å². The highest BCUT2D eigenvalue weighted by Crippen LogP contribution is 2.25. The van der Waals surface area contributed by atoms with Crippen molar-refractivity contribution in [3.63, 3.8) is 0 Å². The topological polar surface area (TPSA) is 41.5 Å². The lowest BCUT2D eigenvalue weighted by atomic mass is 10.2. The Morgan fingerprint density at radius 1 is 1.40 bits per heavy atom. The Bertz CT molecular complexity index is 300. The Labute approximate surface area is 91.1 Å². The van der Waals surface area contributed by atoms with E-state index in [2.05, 4.69) is 12.2 Å². The normalized spacial score (nSPS) is 10.3. The quantitative estimate of drug-likeness (QED) is 0.706. The van der Waals surface area contributed by atoms with Crippen molar-refractivity contribution in [3.05, 3.63) is 23.8 Å². The molecule has 3 nitrogen and oxygen atoms in total. The molecule has 0 spiro atoms. The number of ether oxygens (including phenoxy) is 1. The highest BCUT2D eigenvalue weighted by molar-refractivity contribution is 5.41. The minimum Gasteiger partial charge on any atom is -0.504 e. The largest absolute Gasteiger partial charge is 0.504 e. The fourth-order valence-corrected chi connectivity index (χ4v) is 1.37. The van der Waals surface area contributed by atoms with Crippen LogP contribution in [-0.2, 0) is 6.54 Å². The molecule has 0 fully saturated rings. The van der Waals surface area contributed by atoms with E-state index in [-0.39, 0.29) is 5.75 Å². The number of methoxy groups -OCH3 is 1. The summed E-state index contributed by atoms with van der Waals surface area (Å²) in [5.41, 5.74) is 1.13. The lowest BCUT2D eigenvalue weighted by molar-refractivity contribution is 0.373. The number of phenolic OH excluding ortho intramolecular Hbond substituents is 1. The van der Waals surface area contributed by atoms with E-state index in [0.29, 0.717) is 5.75 Å². The van der Waals surface area contributed by atoms with Gasteiger partial charge in [-0.3, -0.25) is 0 Å². The van der Waals surface area contributed by atoms with Gasteiger partial charge in [-0.05, 0) is 30.7 Å². The second kappa shape index (κ2) is 6.30. The van der Waals surface area contributed by atoms with E-state index in [1.165, 1.54) is 12.8 Å². The fourth-order valence-electron chi connectivity index (χ4n) is 1.37. The molecule has 1 rings (SSSR count). The van der Waals surface area contributed by atoms with E-state index in [1.807, 2.05) is 12.1 Å². The van der Waals surface area contributed by atoms with Crippen LogP contribution in [0.25, 0.3) is 0 Å². The third-order valence-electron chi connectivity index (χ3n) is 2.28. The minimum atomic E-state index is 0.190. The molecule has 0 aliphatic rings. The standard InChI is InChI=1S/C12H19NO2/c1-3-4-7-13-9-10-5-6-11(14)12(8-10)15-2/h5-6,8,13-14H,3-4,7,9H2,1-2H3. The summed E-state index contributed by atoms with van der Waals surface area (Å²) in [6.07, 6.45) is 2.39. The zero-order chi connectivity index (χ0) is 11.1. The van der Waals surface area contributed by atoms with Gasteiger partial charge in [-0.1, -0.05) is 19.4 Å². The van der Waals surface area contributed by atoms with Gasteiger partial charge in [-0.25, -0.2) is 0 Å². The molecule has 0 saturated carbocycles. The Kier molecular flexibility index (Phi) is 4.98. The summed E-state index contributed by atoms with van der Waals surface area (Å²) >= 11 is 0. The van der Waals surface area contributed by atoms with Crippen molar-refractivity contribution in [1.29, 1.82) is 0 Å². The van der Waals surface area contributed by atoms with E-state index < -0.39 is 0 Å². The zero-order valence-electron chi connectivity index (χ0n) is 9.42. The van der Waals surface area contributed by atoms with Crippen molar-refractivity contribution < 1.29 is 9.84 Å². The summed E-state index contributed by atoms with van der Waals surface area (Å²) in [6, 6.07) is 5.42. The van der Waals surface area contributed by atoms with Crippen molar-refractivity contribution in [1.82, 2.24) is 5.32 Å². The molecule has 0 radical (unpaired) electrons. The van der Waals surface area contributed by atoms with Crippen LogP contribution in [0.15, 0.2) is 18.2 Å². The zero-order valence-corrected chi connectivity index (χ0v) is 9.42. The molecule has 0 saturated heterocycles. The van der Waals surface area contributed by atoms with Gasteiger partial charge in [0.2, 0.25) is 0 Å². The van der Waals surface area contributed by atoms with Gasteiger partial charge < -0.3 is 15.2 Å². The van der Waals surface area contributed by atoms with Crippen molar-refractivity contribution in [3.8, 4) is 11.5 Å². The summed E-state index contributed by atoms with van der Waals surface area (Å²) in [5, 5.41) is 12.7. The summed E-state index contributed by atoms with van der Waals surface area (Å²) in [6.45, 7) is 4.02. The summed E-state index contributed by atoms with van der Waals surface area (Å²) in [5.74, 6) is 0.722. The first-order valence-electron chi connectivity index (χ1n) is 5.34. The maximum atomic E-state index is 9.40. The van der Waals surface area contributed by atoms with E-state index in [0.717, 1.165) is 18.7 Å². The van der Waals surface area contributed by atoms with Gasteiger partial charge in [-0.15, -0.1) is 0 Å². The smallest absolute Gasteiger partial charge is 0.160 e. The number of nitrogens with one attached hydrogen (secondary N) is 1. The highest BCUT2D eigenvalue weighted by Gasteiger charge is 2.01. The predicted molar refractivity (Wildman–Crippen MR) is 61.3 cm³/mol. The Morgan fingerprint density at radius 2 is 2.20 bits per heavy atom. The molecule has 0 aromatic heterocycles. The van der Waals surface area contributed by atoms with Crippen molar-refractivity contribution in [2.24, 2.45) is 0 Å². The van der Waals surface area contributed by atoms with Crippen LogP contribution in [0.1, 0.15) is 25.3 Å². The van der Waals surface area contributed by atoms with Crippen LogP contribution in [0, 0.1) is 0 Å². The average molecular weight is 209 g/mol. The molecule has 0 bridgehead atoms. The first-order chi connectivity index (χ1) is 7.27. The number of hydrogen-bond donors (Lipinski definition) is 2. The first-order valence-corrected chi connectivity index (χ1v) is 5.34. The van der Waals surface area contributed by atoms with Crippen LogP contribution in [0.3, 0.4) is 0 Å². The molecule has 0 amide bonds. The summed E-state index contributed by atoms with van der Waals surface area (Å²) in [7, 11) is 1.56. The molecule has 0 unspecified atom stereocenters. The molecule has 3 heteroatoms. The second-order valence-corrected chi connectivity index (χ2v) is 3.54. The average Bonchev–Trinajstić information content (AvgIpc) is 2.26. The van der Waals surface area contributed by atoms with Crippen LogP contribution in [0.2, 0.25) is 0 Å². The molecule has 15 heavy (non-hydrogen) atoms. The Morgan fingerprint density at radius 3 is 2.87 bits per heavy atom. The SMILES string of the molecule is CCCCNCc1ccc(O)c(OC)c1. The number of aromatic hydroxyl groups is 1. The number of hydrogen-bond acceptors (Lipinski definition) is 3. The van der Waals surface area contributed by atoms with Gasteiger partial charge >= 0.3 is 0 Å². The van der Waals surface area contributed by atoms with Gasteiger partial charge in [0.15, 0.2) is 11.5 Å². The summed E-state index contributed by atoms with van der Waals surface area (Å²) in [4.78, 5) is 0. The van der Waals surface area contributed by atoms with Gasteiger partial charge in [0, 0.05) is 6.54 Å². The molecule has 0 heterocycles. The van der Waals surface area contributed by atoms with E-state index >= 15 is 0 Å². The van der Waals surface area contributed by atoms with Crippen LogP contribution >= 0.6 is 0 Å². The lowest BCUT2D eigenvalue weighted by Crippen LogP contribution is -2.14. The van der Waals surface area contributed by atoms with Crippen LogP contribution in [0.5, 0.6) is 11.5 Å². The molecular formula is C12H19NO2. The monoisotopic (exact) mass is 209 g/mol. The number of benzene rings is 1. The van der Waals surface area contributed by atoms with E-state index in [4.69, 9.17) is 4.74 Å².